The van der Waals surface area contributed by atoms with Crippen molar-refractivity contribution in [3.63, 3.8) is 0 Å². The summed E-state index contributed by atoms with van der Waals surface area (Å²) in [6.45, 7) is 2.60. The molecule has 0 radical (unpaired) electrons. The van der Waals surface area contributed by atoms with E-state index in [9.17, 15) is 9.59 Å². The first-order valence-corrected chi connectivity index (χ1v) is 10.4. The van der Waals surface area contributed by atoms with Crippen molar-refractivity contribution in [3.8, 4) is 0 Å². The Hall–Kier alpha value is -1.53. The molecule has 2 aliphatic rings. The molecular formula is C19H24ClN3O2S. The summed E-state index contributed by atoms with van der Waals surface area (Å²) in [5.74, 6) is -0.186. The van der Waals surface area contributed by atoms with Crippen molar-refractivity contribution >= 4 is 46.0 Å². The van der Waals surface area contributed by atoms with Crippen LogP contribution in [0.2, 0.25) is 5.02 Å². The van der Waals surface area contributed by atoms with Gasteiger partial charge in [0, 0.05) is 19.0 Å². The minimum atomic E-state index is -0.412. The van der Waals surface area contributed by atoms with E-state index in [1.807, 2.05) is 24.0 Å². The highest BCUT2D eigenvalue weighted by molar-refractivity contribution is 8.15. The van der Waals surface area contributed by atoms with Crippen LogP contribution in [0.15, 0.2) is 29.3 Å². The van der Waals surface area contributed by atoms with Gasteiger partial charge in [0.2, 0.25) is 11.8 Å². The highest BCUT2D eigenvalue weighted by Gasteiger charge is 2.42. The lowest BCUT2D eigenvalue weighted by Gasteiger charge is -2.30. The maximum Gasteiger partial charge on any atom is 0.242 e. The predicted octanol–water partition coefficient (Wildman–Crippen LogP) is 4.32. The van der Waals surface area contributed by atoms with Crippen LogP contribution in [0.3, 0.4) is 0 Å². The van der Waals surface area contributed by atoms with Gasteiger partial charge in [0.15, 0.2) is 5.17 Å². The Labute approximate surface area is 163 Å². The molecule has 1 saturated carbocycles. The third kappa shape index (κ3) is 4.41. The van der Waals surface area contributed by atoms with E-state index in [0.29, 0.717) is 17.3 Å². The third-order valence-corrected chi connectivity index (χ3v) is 6.24. The van der Waals surface area contributed by atoms with E-state index in [0.717, 1.165) is 30.9 Å². The smallest absolute Gasteiger partial charge is 0.242 e. The molecule has 1 saturated heterocycles. The lowest BCUT2D eigenvalue weighted by molar-refractivity contribution is -0.130. The number of benzene rings is 1. The minimum Gasteiger partial charge on any atom is -0.325 e. The van der Waals surface area contributed by atoms with Crippen LogP contribution in [0, 0.1) is 0 Å². The lowest BCUT2D eigenvalue weighted by atomic mass is 9.94. The number of aliphatic imine (C=N–C) groups is 1. The van der Waals surface area contributed by atoms with Crippen LogP contribution in [-0.4, -0.2) is 39.7 Å². The Morgan fingerprint density at radius 1 is 1.31 bits per heavy atom. The molecule has 26 heavy (non-hydrogen) atoms. The number of halogens is 1. The highest BCUT2D eigenvalue weighted by Crippen LogP contribution is 2.35. The van der Waals surface area contributed by atoms with Gasteiger partial charge in [0.25, 0.3) is 0 Å². The molecule has 1 aromatic rings. The Bertz CT molecular complexity index is 704. The zero-order valence-corrected chi connectivity index (χ0v) is 16.5. The quantitative estimate of drug-likeness (QED) is 0.810. The highest BCUT2D eigenvalue weighted by atomic mass is 35.5. The molecule has 2 amide bonds. The molecule has 1 aliphatic heterocycles. The van der Waals surface area contributed by atoms with Crippen LogP contribution in [0.4, 0.5) is 5.69 Å². The summed E-state index contributed by atoms with van der Waals surface area (Å²) in [6, 6.07) is 7.33. The number of anilines is 1. The van der Waals surface area contributed by atoms with Crippen LogP contribution >= 0.6 is 23.4 Å². The van der Waals surface area contributed by atoms with Crippen LogP contribution in [0.25, 0.3) is 0 Å². The molecule has 7 heteroatoms. The van der Waals surface area contributed by atoms with Crippen molar-refractivity contribution in [1.82, 2.24) is 4.90 Å². The summed E-state index contributed by atoms with van der Waals surface area (Å²) in [5, 5.41) is 3.66. The fourth-order valence-electron chi connectivity index (χ4n) is 3.47. The van der Waals surface area contributed by atoms with Crippen molar-refractivity contribution in [2.45, 2.75) is 56.7 Å². The average molecular weight is 394 g/mol. The fraction of sp³-hybridized carbons (Fsp3) is 0.526. The van der Waals surface area contributed by atoms with E-state index in [2.05, 4.69) is 10.3 Å². The maximum absolute atomic E-state index is 13.0. The van der Waals surface area contributed by atoms with E-state index in [1.165, 1.54) is 18.2 Å². The van der Waals surface area contributed by atoms with Gasteiger partial charge < -0.3 is 5.32 Å². The van der Waals surface area contributed by atoms with Crippen molar-refractivity contribution < 1.29 is 9.59 Å². The van der Waals surface area contributed by atoms with Gasteiger partial charge in [-0.3, -0.25) is 19.5 Å². The van der Waals surface area contributed by atoms with Gasteiger partial charge in [-0.2, -0.15) is 0 Å². The number of thioether (sulfide) groups is 1. The van der Waals surface area contributed by atoms with Crippen LogP contribution in [0.5, 0.6) is 0 Å². The van der Waals surface area contributed by atoms with E-state index >= 15 is 0 Å². The SMILES string of the molecule is CCN=C1S[C@@H](CC(=O)Nc2ccccc2Cl)C(=O)N1C1CCCCC1. The fourth-order valence-corrected chi connectivity index (χ4v) is 4.91. The van der Waals surface area contributed by atoms with Gasteiger partial charge in [0.05, 0.1) is 10.7 Å². The van der Waals surface area contributed by atoms with Gasteiger partial charge >= 0.3 is 0 Å². The second kappa shape index (κ2) is 8.91. The van der Waals surface area contributed by atoms with E-state index in [1.54, 1.807) is 12.1 Å². The third-order valence-electron chi connectivity index (χ3n) is 4.72. The summed E-state index contributed by atoms with van der Waals surface area (Å²) in [6.07, 6.45) is 5.70. The molecule has 5 nitrogen and oxygen atoms in total. The number of carbonyl (C=O) groups excluding carboxylic acids is 2. The largest absolute Gasteiger partial charge is 0.325 e. The average Bonchev–Trinajstić information content (AvgIpc) is 2.93. The number of rotatable bonds is 5. The van der Waals surface area contributed by atoms with E-state index in [4.69, 9.17) is 11.6 Å². The maximum atomic E-state index is 13.0. The van der Waals surface area contributed by atoms with Gasteiger partial charge in [-0.05, 0) is 31.9 Å². The number of amides is 2. The van der Waals surface area contributed by atoms with Crippen LogP contribution in [-0.2, 0) is 9.59 Å². The number of carbonyl (C=O) groups is 2. The first-order chi connectivity index (χ1) is 12.6. The molecule has 0 spiro atoms. The molecule has 0 unspecified atom stereocenters. The Balaban J connectivity index is 1.68. The lowest BCUT2D eigenvalue weighted by Crippen LogP contribution is -2.42. The molecule has 1 atom stereocenters. The Kier molecular flexibility index (Phi) is 6.59. The van der Waals surface area contributed by atoms with E-state index in [-0.39, 0.29) is 24.3 Å². The van der Waals surface area contributed by atoms with Gasteiger partial charge in [-0.15, -0.1) is 0 Å². The molecule has 1 N–H and O–H groups in total. The summed E-state index contributed by atoms with van der Waals surface area (Å²) in [7, 11) is 0. The first-order valence-electron chi connectivity index (χ1n) is 9.18. The number of hydrogen-bond donors (Lipinski definition) is 1. The Morgan fingerprint density at radius 3 is 2.73 bits per heavy atom. The number of nitrogens with zero attached hydrogens (tertiary/aromatic N) is 2. The molecular weight excluding hydrogens is 370 g/mol. The number of amidine groups is 1. The molecule has 1 aromatic carbocycles. The zero-order valence-electron chi connectivity index (χ0n) is 14.9. The number of nitrogens with one attached hydrogen (secondary N) is 1. The predicted molar refractivity (Wildman–Crippen MR) is 108 cm³/mol. The second-order valence-electron chi connectivity index (χ2n) is 6.60. The standard InChI is InChI=1S/C19H24ClN3O2S/c1-2-21-19-23(13-8-4-3-5-9-13)18(25)16(26-19)12-17(24)22-15-11-7-6-10-14(15)20/h6-7,10-11,13,16H,2-5,8-9,12H2,1H3,(H,22,24)/t16-/m0/s1. The molecule has 1 aliphatic carbocycles. The van der Waals surface area contributed by atoms with Crippen molar-refractivity contribution in [2.24, 2.45) is 4.99 Å². The topological polar surface area (TPSA) is 61.8 Å². The van der Waals surface area contributed by atoms with Crippen molar-refractivity contribution in [1.29, 1.82) is 0 Å². The molecule has 3 rings (SSSR count). The Morgan fingerprint density at radius 2 is 2.04 bits per heavy atom. The van der Waals surface area contributed by atoms with Gasteiger partial charge in [-0.25, -0.2) is 0 Å². The van der Waals surface area contributed by atoms with Crippen LogP contribution in [0.1, 0.15) is 45.4 Å². The minimum absolute atomic E-state index is 0.0170. The number of hydrogen-bond acceptors (Lipinski definition) is 4. The summed E-state index contributed by atoms with van der Waals surface area (Å²) >= 11 is 7.51. The van der Waals surface area contributed by atoms with E-state index < -0.39 is 5.25 Å². The molecule has 0 bridgehead atoms. The van der Waals surface area contributed by atoms with Crippen LogP contribution < -0.4 is 5.32 Å². The molecule has 1 heterocycles. The van der Waals surface area contributed by atoms with Crippen molar-refractivity contribution in [3.05, 3.63) is 29.3 Å². The summed E-state index contributed by atoms with van der Waals surface area (Å²) in [5.41, 5.74) is 0.571. The second-order valence-corrected chi connectivity index (χ2v) is 8.17. The molecule has 0 aromatic heterocycles. The molecule has 2 fully saturated rings. The molecule has 140 valence electrons. The first kappa shape index (κ1) is 19.2. The number of para-hydroxylation sites is 1. The monoisotopic (exact) mass is 393 g/mol. The normalized spacial score (nSPS) is 22.8. The van der Waals surface area contributed by atoms with Gasteiger partial charge in [-0.1, -0.05) is 54.8 Å². The van der Waals surface area contributed by atoms with Crippen molar-refractivity contribution in [2.75, 3.05) is 11.9 Å². The summed E-state index contributed by atoms with van der Waals surface area (Å²) in [4.78, 5) is 31.8. The zero-order chi connectivity index (χ0) is 18.5. The summed E-state index contributed by atoms with van der Waals surface area (Å²) < 4.78 is 0. The van der Waals surface area contributed by atoms with Gasteiger partial charge in [0.1, 0.15) is 5.25 Å².